The Morgan fingerprint density at radius 3 is 2.00 bits per heavy atom. The van der Waals surface area contributed by atoms with Gasteiger partial charge in [0.15, 0.2) is 0 Å². The second-order valence-corrected chi connectivity index (χ2v) is 3.11. The third-order valence-corrected chi connectivity index (χ3v) is 2.14. The van der Waals surface area contributed by atoms with Crippen molar-refractivity contribution in [3.05, 3.63) is 24.3 Å². The Kier molecular flexibility index (Phi) is 4.80. The standard InChI is InChI=1S/C11H16N2O2/c1-12-10-2-4-11(5-3-10)13(6-8-14)7-9-15/h2-5,14-15H,1,6-9H2. The minimum atomic E-state index is 0.0709. The van der Waals surface area contributed by atoms with Gasteiger partial charge in [0.2, 0.25) is 0 Å². The second kappa shape index (κ2) is 6.16. The van der Waals surface area contributed by atoms with Crippen LogP contribution >= 0.6 is 0 Å². The van der Waals surface area contributed by atoms with Crippen LogP contribution in [0.2, 0.25) is 0 Å². The van der Waals surface area contributed by atoms with Gasteiger partial charge in [0, 0.05) is 18.8 Å². The van der Waals surface area contributed by atoms with Crippen molar-refractivity contribution in [3.63, 3.8) is 0 Å². The Labute approximate surface area is 89.5 Å². The van der Waals surface area contributed by atoms with Crippen LogP contribution in [0.4, 0.5) is 11.4 Å². The summed E-state index contributed by atoms with van der Waals surface area (Å²) in [6.45, 7) is 4.61. The number of aliphatic hydroxyl groups excluding tert-OH is 2. The molecule has 1 aromatic carbocycles. The highest BCUT2D eigenvalue weighted by Crippen LogP contribution is 2.18. The number of aliphatic imine (C=N–C) groups is 1. The van der Waals surface area contributed by atoms with Gasteiger partial charge in [-0.3, -0.25) is 4.99 Å². The molecular weight excluding hydrogens is 192 g/mol. The summed E-state index contributed by atoms with van der Waals surface area (Å²) in [5.41, 5.74) is 1.78. The topological polar surface area (TPSA) is 56.1 Å². The van der Waals surface area contributed by atoms with Crippen molar-refractivity contribution in [1.82, 2.24) is 0 Å². The molecule has 0 atom stereocenters. The molecule has 0 radical (unpaired) electrons. The first-order chi connectivity index (χ1) is 7.31. The van der Waals surface area contributed by atoms with Gasteiger partial charge in [-0.25, -0.2) is 0 Å². The van der Waals surface area contributed by atoms with Crippen molar-refractivity contribution in [2.24, 2.45) is 4.99 Å². The Balaban J connectivity index is 2.76. The third kappa shape index (κ3) is 3.34. The Bertz CT molecular complexity index is 292. The SMILES string of the molecule is C=Nc1ccc(N(CCO)CCO)cc1. The first-order valence-corrected chi connectivity index (χ1v) is 4.85. The molecule has 0 spiro atoms. The van der Waals surface area contributed by atoms with Gasteiger partial charge in [0.05, 0.1) is 18.9 Å². The van der Waals surface area contributed by atoms with Gasteiger partial charge >= 0.3 is 0 Å². The molecule has 0 unspecified atom stereocenters. The summed E-state index contributed by atoms with van der Waals surface area (Å²) in [4.78, 5) is 5.71. The summed E-state index contributed by atoms with van der Waals surface area (Å²) in [5, 5.41) is 17.7. The van der Waals surface area contributed by atoms with Crippen LogP contribution in [0.25, 0.3) is 0 Å². The molecule has 0 aliphatic heterocycles. The molecule has 0 fully saturated rings. The molecule has 0 aromatic heterocycles. The number of nitrogens with zero attached hydrogens (tertiary/aromatic N) is 2. The molecule has 0 amide bonds. The van der Waals surface area contributed by atoms with E-state index in [-0.39, 0.29) is 13.2 Å². The molecule has 2 N–H and O–H groups in total. The fourth-order valence-corrected chi connectivity index (χ4v) is 1.38. The van der Waals surface area contributed by atoms with Crippen LogP contribution in [-0.4, -0.2) is 43.2 Å². The normalized spacial score (nSPS) is 10.0. The highest BCUT2D eigenvalue weighted by atomic mass is 16.3. The number of hydrogen-bond donors (Lipinski definition) is 2. The summed E-state index contributed by atoms with van der Waals surface area (Å²) in [6, 6.07) is 7.50. The average molecular weight is 208 g/mol. The largest absolute Gasteiger partial charge is 0.395 e. The number of aliphatic hydroxyl groups is 2. The van der Waals surface area contributed by atoms with Crippen LogP contribution < -0.4 is 4.90 Å². The quantitative estimate of drug-likeness (QED) is 0.680. The zero-order chi connectivity index (χ0) is 11.1. The van der Waals surface area contributed by atoms with E-state index in [9.17, 15) is 0 Å². The number of benzene rings is 1. The number of anilines is 1. The molecule has 1 rings (SSSR count). The molecule has 0 aliphatic rings. The van der Waals surface area contributed by atoms with Gasteiger partial charge in [0.1, 0.15) is 0 Å². The van der Waals surface area contributed by atoms with E-state index in [0.29, 0.717) is 13.1 Å². The van der Waals surface area contributed by atoms with Crippen LogP contribution in [0.1, 0.15) is 0 Å². The smallest absolute Gasteiger partial charge is 0.0623 e. The maximum Gasteiger partial charge on any atom is 0.0623 e. The molecular formula is C11H16N2O2. The van der Waals surface area contributed by atoms with Gasteiger partial charge < -0.3 is 15.1 Å². The second-order valence-electron chi connectivity index (χ2n) is 3.11. The maximum atomic E-state index is 8.87. The minimum Gasteiger partial charge on any atom is -0.395 e. The predicted octanol–water partition coefficient (Wildman–Crippen LogP) is 0.810. The highest BCUT2D eigenvalue weighted by molar-refractivity contribution is 5.54. The van der Waals surface area contributed by atoms with Crippen molar-refractivity contribution >= 4 is 18.1 Å². The van der Waals surface area contributed by atoms with Crippen molar-refractivity contribution in [1.29, 1.82) is 0 Å². The lowest BCUT2D eigenvalue weighted by Gasteiger charge is -2.22. The maximum absolute atomic E-state index is 8.87. The molecule has 0 heterocycles. The van der Waals surface area contributed by atoms with Gasteiger partial charge in [0.25, 0.3) is 0 Å². The lowest BCUT2D eigenvalue weighted by atomic mass is 10.2. The molecule has 1 aromatic rings. The Morgan fingerprint density at radius 2 is 1.60 bits per heavy atom. The van der Waals surface area contributed by atoms with E-state index in [1.54, 1.807) is 0 Å². The predicted molar refractivity (Wildman–Crippen MR) is 62.0 cm³/mol. The molecule has 4 nitrogen and oxygen atoms in total. The van der Waals surface area contributed by atoms with Crippen molar-refractivity contribution in [2.45, 2.75) is 0 Å². The molecule has 0 saturated heterocycles. The van der Waals surface area contributed by atoms with E-state index in [4.69, 9.17) is 10.2 Å². The van der Waals surface area contributed by atoms with E-state index in [1.165, 1.54) is 0 Å². The summed E-state index contributed by atoms with van der Waals surface area (Å²) >= 11 is 0. The Hall–Kier alpha value is -1.39. The van der Waals surface area contributed by atoms with Crippen molar-refractivity contribution < 1.29 is 10.2 Å². The number of hydrogen-bond acceptors (Lipinski definition) is 4. The van der Waals surface area contributed by atoms with Crippen LogP contribution in [0.3, 0.4) is 0 Å². The van der Waals surface area contributed by atoms with Crippen LogP contribution in [0.15, 0.2) is 29.3 Å². The van der Waals surface area contributed by atoms with Crippen molar-refractivity contribution in [3.8, 4) is 0 Å². The molecule has 15 heavy (non-hydrogen) atoms. The van der Waals surface area contributed by atoms with E-state index in [1.807, 2.05) is 29.2 Å². The van der Waals surface area contributed by atoms with E-state index in [2.05, 4.69) is 11.7 Å². The first-order valence-electron chi connectivity index (χ1n) is 4.85. The summed E-state index contributed by atoms with van der Waals surface area (Å²) in [7, 11) is 0. The molecule has 0 saturated carbocycles. The molecule has 82 valence electrons. The van der Waals surface area contributed by atoms with Crippen LogP contribution in [0.5, 0.6) is 0 Å². The summed E-state index contributed by atoms with van der Waals surface area (Å²) < 4.78 is 0. The monoisotopic (exact) mass is 208 g/mol. The highest BCUT2D eigenvalue weighted by Gasteiger charge is 2.04. The van der Waals surface area contributed by atoms with E-state index in [0.717, 1.165) is 11.4 Å². The minimum absolute atomic E-state index is 0.0709. The lowest BCUT2D eigenvalue weighted by molar-refractivity contribution is 0.281. The van der Waals surface area contributed by atoms with Crippen molar-refractivity contribution in [2.75, 3.05) is 31.2 Å². The fourth-order valence-electron chi connectivity index (χ4n) is 1.38. The molecule has 0 bridgehead atoms. The summed E-state index contributed by atoms with van der Waals surface area (Å²) in [5.74, 6) is 0. The average Bonchev–Trinajstić information content (AvgIpc) is 2.29. The lowest BCUT2D eigenvalue weighted by Crippen LogP contribution is -2.29. The van der Waals surface area contributed by atoms with Gasteiger partial charge in [-0.2, -0.15) is 0 Å². The van der Waals surface area contributed by atoms with E-state index < -0.39 is 0 Å². The molecule has 0 aliphatic carbocycles. The zero-order valence-corrected chi connectivity index (χ0v) is 8.63. The van der Waals surface area contributed by atoms with E-state index >= 15 is 0 Å². The third-order valence-electron chi connectivity index (χ3n) is 2.14. The van der Waals surface area contributed by atoms with Crippen LogP contribution in [-0.2, 0) is 0 Å². The summed E-state index contributed by atoms with van der Waals surface area (Å²) in [6.07, 6.45) is 0. The zero-order valence-electron chi connectivity index (χ0n) is 8.63. The fraction of sp³-hybridized carbons (Fsp3) is 0.364. The van der Waals surface area contributed by atoms with Gasteiger partial charge in [-0.1, -0.05) is 0 Å². The molecule has 4 heteroatoms. The first kappa shape index (κ1) is 11.7. The van der Waals surface area contributed by atoms with Crippen LogP contribution in [0, 0.1) is 0 Å². The van der Waals surface area contributed by atoms with Gasteiger partial charge in [-0.05, 0) is 31.0 Å². The number of rotatable bonds is 6. The van der Waals surface area contributed by atoms with Gasteiger partial charge in [-0.15, -0.1) is 0 Å². The Morgan fingerprint density at radius 1 is 1.07 bits per heavy atom.